The summed E-state index contributed by atoms with van der Waals surface area (Å²) in [7, 11) is 0. The average molecular weight is 495 g/mol. The van der Waals surface area contributed by atoms with Crippen molar-refractivity contribution < 1.29 is 19.8 Å². The first-order valence-electron chi connectivity index (χ1n) is 13.9. The summed E-state index contributed by atoms with van der Waals surface area (Å²) in [4.78, 5) is 20.2. The van der Waals surface area contributed by atoms with E-state index in [0.717, 1.165) is 25.7 Å². The Labute approximate surface area is 215 Å². The molecule has 0 radical (unpaired) electrons. The van der Waals surface area contributed by atoms with Gasteiger partial charge >= 0.3 is 12.2 Å². The minimum atomic E-state index is -0.909. The third-order valence-corrected chi connectivity index (χ3v) is 5.55. The predicted molar refractivity (Wildman–Crippen MR) is 148 cm³/mol. The molecule has 0 aliphatic heterocycles. The molecule has 0 spiro atoms. The molecule has 6 nitrogen and oxygen atoms in total. The lowest BCUT2D eigenvalue weighted by atomic mass is 10.1. The van der Waals surface area contributed by atoms with Crippen molar-refractivity contribution in [3.8, 4) is 0 Å². The topological polar surface area (TPSA) is 98.7 Å². The highest BCUT2D eigenvalue weighted by molar-refractivity contribution is 5.64. The van der Waals surface area contributed by atoms with Gasteiger partial charge in [-0.1, -0.05) is 140 Å². The van der Waals surface area contributed by atoms with Crippen LogP contribution in [0, 0.1) is 6.92 Å². The molecule has 1 aromatic carbocycles. The number of rotatable bonds is 18. The Balaban J connectivity index is 0. The molecule has 6 heteroatoms. The summed E-state index contributed by atoms with van der Waals surface area (Å²) >= 11 is 0. The van der Waals surface area contributed by atoms with Crippen LogP contribution in [-0.2, 0) is 0 Å². The second-order valence-corrected chi connectivity index (χ2v) is 9.07. The smallest absolute Gasteiger partial charge is 0.404 e. The van der Waals surface area contributed by atoms with Crippen LogP contribution in [0.25, 0.3) is 0 Å². The van der Waals surface area contributed by atoms with Gasteiger partial charge < -0.3 is 20.8 Å². The van der Waals surface area contributed by atoms with Crippen molar-refractivity contribution in [3.05, 3.63) is 35.9 Å². The van der Waals surface area contributed by atoms with Crippen LogP contribution in [0.2, 0.25) is 0 Å². The van der Waals surface area contributed by atoms with Crippen LogP contribution in [0.1, 0.15) is 122 Å². The first-order chi connectivity index (χ1) is 16.9. The third kappa shape index (κ3) is 36.5. The van der Waals surface area contributed by atoms with Crippen molar-refractivity contribution in [2.45, 2.75) is 124 Å². The van der Waals surface area contributed by atoms with Gasteiger partial charge in [0.15, 0.2) is 0 Å². The lowest BCUT2D eigenvalue weighted by molar-refractivity contribution is 0.193. The van der Waals surface area contributed by atoms with Gasteiger partial charge in [0.25, 0.3) is 0 Å². The minimum Gasteiger partial charge on any atom is -0.465 e. The van der Waals surface area contributed by atoms with Crippen LogP contribution in [0.5, 0.6) is 0 Å². The van der Waals surface area contributed by atoms with Gasteiger partial charge in [-0.05, 0) is 19.8 Å². The van der Waals surface area contributed by atoms with E-state index < -0.39 is 12.2 Å². The van der Waals surface area contributed by atoms with E-state index in [2.05, 4.69) is 43.5 Å². The Bertz CT molecular complexity index is 535. The van der Waals surface area contributed by atoms with Crippen molar-refractivity contribution in [1.82, 2.24) is 10.6 Å². The van der Waals surface area contributed by atoms with Crippen molar-refractivity contribution >= 4 is 12.2 Å². The zero-order chi connectivity index (χ0) is 26.4. The van der Waals surface area contributed by atoms with Crippen molar-refractivity contribution in [2.75, 3.05) is 13.1 Å². The highest BCUT2D eigenvalue weighted by Gasteiger charge is 1.95. The first-order valence-corrected chi connectivity index (χ1v) is 13.9. The number of aryl methyl sites for hydroxylation is 1. The quantitative estimate of drug-likeness (QED) is 0.153. The van der Waals surface area contributed by atoms with Gasteiger partial charge in [-0.2, -0.15) is 0 Å². The molecule has 0 saturated carbocycles. The molecule has 0 bridgehead atoms. The SMILES string of the molecule is CCCCCCCCCCNC(=O)O.CCCCCCCCCCNC(=O)O.Cc1ccccc1. The van der Waals surface area contributed by atoms with E-state index >= 15 is 0 Å². The first kappa shape index (κ1) is 34.9. The van der Waals surface area contributed by atoms with Crippen LogP contribution in [0.3, 0.4) is 0 Å². The van der Waals surface area contributed by atoms with Gasteiger partial charge in [0, 0.05) is 13.1 Å². The standard InChI is InChI=1S/2C11H23NO2.C7H8/c2*1-2-3-4-5-6-7-8-9-10-12-11(13)14;1-7-5-3-2-4-6-7/h2*12H,2-10H2,1H3,(H,13,14);2-6H,1H3. The number of hydrogen-bond donors (Lipinski definition) is 4. The van der Waals surface area contributed by atoms with Gasteiger partial charge in [-0.3, -0.25) is 0 Å². The number of benzene rings is 1. The summed E-state index contributed by atoms with van der Waals surface area (Å²) in [6, 6.07) is 10.3. The average Bonchev–Trinajstić information content (AvgIpc) is 2.83. The molecule has 0 fully saturated rings. The molecule has 0 heterocycles. The summed E-state index contributed by atoms with van der Waals surface area (Å²) in [6.45, 7) is 7.73. The molecule has 1 rings (SSSR count). The number of nitrogens with one attached hydrogen (secondary N) is 2. The van der Waals surface area contributed by atoms with Crippen molar-refractivity contribution in [2.24, 2.45) is 0 Å². The normalized spacial score (nSPS) is 9.80. The van der Waals surface area contributed by atoms with Gasteiger partial charge in [0.05, 0.1) is 0 Å². The fourth-order valence-corrected chi connectivity index (χ4v) is 3.44. The largest absolute Gasteiger partial charge is 0.465 e. The van der Waals surface area contributed by atoms with E-state index in [4.69, 9.17) is 10.2 Å². The van der Waals surface area contributed by atoms with Gasteiger partial charge in [0.1, 0.15) is 0 Å². The Hall–Kier alpha value is -2.24. The molecule has 2 amide bonds. The second kappa shape index (κ2) is 29.8. The molecule has 0 saturated heterocycles. The van der Waals surface area contributed by atoms with E-state index in [1.54, 1.807) is 0 Å². The lowest BCUT2D eigenvalue weighted by Crippen LogP contribution is -2.21. The number of unbranched alkanes of at least 4 members (excludes halogenated alkanes) is 14. The molecule has 35 heavy (non-hydrogen) atoms. The zero-order valence-corrected chi connectivity index (χ0v) is 22.8. The Kier molecular flexibility index (Phi) is 29.7. The molecule has 4 N–H and O–H groups in total. The van der Waals surface area contributed by atoms with Gasteiger partial charge in [-0.15, -0.1) is 0 Å². The minimum absolute atomic E-state index is 0.601. The van der Waals surface area contributed by atoms with Crippen LogP contribution in [0.4, 0.5) is 9.59 Å². The fraction of sp³-hybridized carbons (Fsp3) is 0.724. The van der Waals surface area contributed by atoms with Crippen molar-refractivity contribution in [1.29, 1.82) is 0 Å². The summed E-state index contributed by atoms with van der Waals surface area (Å²) in [5.41, 5.74) is 1.32. The Morgan fingerprint density at radius 3 is 1.14 bits per heavy atom. The monoisotopic (exact) mass is 494 g/mol. The number of amides is 2. The molecule has 0 aliphatic carbocycles. The molecule has 204 valence electrons. The van der Waals surface area contributed by atoms with Crippen molar-refractivity contribution in [3.63, 3.8) is 0 Å². The number of carboxylic acid groups (broad SMARTS) is 2. The number of carbonyl (C=O) groups is 2. The maximum atomic E-state index is 10.1. The zero-order valence-electron chi connectivity index (χ0n) is 22.8. The summed E-state index contributed by atoms with van der Waals surface area (Å²) in [6.07, 6.45) is 18.1. The number of hydrogen-bond acceptors (Lipinski definition) is 2. The predicted octanol–water partition coefficient (Wildman–Crippen LogP) is 8.78. The molecule has 1 aromatic rings. The molecule has 0 aliphatic rings. The summed E-state index contributed by atoms with van der Waals surface area (Å²) < 4.78 is 0. The van der Waals surface area contributed by atoms with Gasteiger partial charge in [0.2, 0.25) is 0 Å². The maximum Gasteiger partial charge on any atom is 0.404 e. The van der Waals surface area contributed by atoms with Gasteiger partial charge in [-0.25, -0.2) is 9.59 Å². The fourth-order valence-electron chi connectivity index (χ4n) is 3.44. The van der Waals surface area contributed by atoms with E-state index in [1.165, 1.54) is 82.6 Å². The van der Waals surface area contributed by atoms with Crippen LogP contribution in [-0.4, -0.2) is 35.5 Å². The van der Waals surface area contributed by atoms with E-state index in [0.29, 0.717) is 13.1 Å². The van der Waals surface area contributed by atoms with E-state index in [1.807, 2.05) is 18.2 Å². The molecular formula is C29H54N2O4. The Morgan fingerprint density at radius 2 is 0.886 bits per heavy atom. The van der Waals surface area contributed by atoms with Crippen LogP contribution < -0.4 is 10.6 Å². The van der Waals surface area contributed by atoms with Crippen LogP contribution >= 0.6 is 0 Å². The maximum absolute atomic E-state index is 10.1. The summed E-state index contributed by atoms with van der Waals surface area (Å²) in [5.74, 6) is 0. The molecule has 0 aromatic heterocycles. The van der Waals surface area contributed by atoms with Crippen LogP contribution in [0.15, 0.2) is 30.3 Å². The second-order valence-electron chi connectivity index (χ2n) is 9.07. The lowest BCUT2D eigenvalue weighted by Gasteiger charge is -2.01. The summed E-state index contributed by atoms with van der Waals surface area (Å²) in [5, 5.41) is 21.4. The van der Waals surface area contributed by atoms with E-state index in [-0.39, 0.29) is 0 Å². The molecular weight excluding hydrogens is 440 g/mol. The third-order valence-electron chi connectivity index (χ3n) is 5.55. The Morgan fingerprint density at radius 1 is 0.571 bits per heavy atom. The highest BCUT2D eigenvalue weighted by Crippen LogP contribution is 2.08. The molecule has 0 atom stereocenters. The van der Waals surface area contributed by atoms with E-state index in [9.17, 15) is 9.59 Å². The molecule has 0 unspecified atom stereocenters. The highest BCUT2D eigenvalue weighted by atomic mass is 16.4.